The van der Waals surface area contributed by atoms with Crippen molar-refractivity contribution in [2.75, 3.05) is 5.32 Å². The van der Waals surface area contributed by atoms with Gasteiger partial charge >= 0.3 is 0 Å². The first-order valence-corrected chi connectivity index (χ1v) is 5.64. The van der Waals surface area contributed by atoms with Gasteiger partial charge in [-0.05, 0) is 24.3 Å². The van der Waals surface area contributed by atoms with E-state index in [0.717, 1.165) is 12.1 Å². The average Bonchev–Trinajstić information content (AvgIpc) is 2.34. The third-order valence-corrected chi connectivity index (χ3v) is 2.72. The number of nitriles is 1. The maximum Gasteiger partial charge on any atom is 0.142 e. The van der Waals surface area contributed by atoms with E-state index in [0.29, 0.717) is 11.5 Å². The van der Waals surface area contributed by atoms with Crippen molar-refractivity contribution >= 4 is 34.7 Å². The first-order valence-electron chi connectivity index (χ1n) is 4.89. The average molecular weight is 282 g/mol. The molecule has 90 valence electrons. The number of benzene rings is 1. The molecule has 0 aliphatic carbocycles. The van der Waals surface area contributed by atoms with Crippen molar-refractivity contribution in [1.29, 1.82) is 5.26 Å². The van der Waals surface area contributed by atoms with Gasteiger partial charge in [-0.3, -0.25) is 0 Å². The SMILES string of the molecule is N#Cc1cccc(Nc2c(Cl)cc(F)cc2Cl)n1. The Balaban J connectivity index is 2.37. The number of pyridine rings is 1. The standard InChI is InChI=1S/C12H6Cl2FN3/c13-9-4-7(15)5-10(14)12(9)18-11-3-1-2-8(6-16)17-11/h1-5H,(H,17,18). The molecule has 6 heteroatoms. The highest BCUT2D eigenvalue weighted by Crippen LogP contribution is 2.33. The molecular formula is C12H6Cl2FN3. The molecule has 0 aliphatic heterocycles. The van der Waals surface area contributed by atoms with Gasteiger partial charge in [-0.2, -0.15) is 5.26 Å². The monoisotopic (exact) mass is 281 g/mol. The van der Waals surface area contributed by atoms with Gasteiger partial charge in [0.1, 0.15) is 23.4 Å². The van der Waals surface area contributed by atoms with Gasteiger partial charge in [0.15, 0.2) is 0 Å². The van der Waals surface area contributed by atoms with Gasteiger partial charge in [-0.15, -0.1) is 0 Å². The predicted octanol–water partition coefficient (Wildman–Crippen LogP) is 4.14. The van der Waals surface area contributed by atoms with Crippen LogP contribution in [0.2, 0.25) is 10.0 Å². The van der Waals surface area contributed by atoms with Crippen molar-refractivity contribution in [3.05, 3.63) is 51.9 Å². The molecular weight excluding hydrogens is 276 g/mol. The summed E-state index contributed by atoms with van der Waals surface area (Å²) in [5.74, 6) is -0.112. The smallest absolute Gasteiger partial charge is 0.142 e. The van der Waals surface area contributed by atoms with Crippen molar-refractivity contribution in [3.8, 4) is 6.07 Å². The summed E-state index contributed by atoms with van der Waals surface area (Å²) in [5, 5.41) is 11.9. The highest BCUT2D eigenvalue weighted by Gasteiger charge is 2.09. The topological polar surface area (TPSA) is 48.7 Å². The van der Waals surface area contributed by atoms with Crippen LogP contribution in [0.4, 0.5) is 15.9 Å². The number of halogens is 3. The highest BCUT2D eigenvalue weighted by molar-refractivity contribution is 6.39. The summed E-state index contributed by atoms with van der Waals surface area (Å²) in [4.78, 5) is 4.01. The van der Waals surface area contributed by atoms with Crippen LogP contribution in [0.1, 0.15) is 5.69 Å². The minimum absolute atomic E-state index is 0.143. The van der Waals surface area contributed by atoms with Crippen molar-refractivity contribution in [1.82, 2.24) is 4.98 Å². The Morgan fingerprint density at radius 3 is 2.50 bits per heavy atom. The lowest BCUT2D eigenvalue weighted by molar-refractivity contribution is 0.628. The van der Waals surface area contributed by atoms with E-state index in [-0.39, 0.29) is 15.7 Å². The van der Waals surface area contributed by atoms with Gasteiger partial charge in [0.05, 0.1) is 15.7 Å². The lowest BCUT2D eigenvalue weighted by Gasteiger charge is -2.09. The van der Waals surface area contributed by atoms with Crippen LogP contribution in [-0.4, -0.2) is 4.98 Å². The van der Waals surface area contributed by atoms with Crippen LogP contribution in [0.25, 0.3) is 0 Å². The van der Waals surface area contributed by atoms with Gasteiger partial charge in [-0.25, -0.2) is 9.37 Å². The molecule has 0 fully saturated rings. The molecule has 1 heterocycles. The fraction of sp³-hybridized carbons (Fsp3) is 0. The maximum atomic E-state index is 13.0. The summed E-state index contributed by atoms with van der Waals surface area (Å²) in [6.07, 6.45) is 0. The van der Waals surface area contributed by atoms with Crippen molar-refractivity contribution in [2.24, 2.45) is 0 Å². The molecule has 2 rings (SSSR count). The van der Waals surface area contributed by atoms with Gasteiger partial charge in [0.2, 0.25) is 0 Å². The quantitative estimate of drug-likeness (QED) is 0.900. The largest absolute Gasteiger partial charge is 0.338 e. The Hall–Kier alpha value is -1.83. The number of nitrogens with zero attached hydrogens (tertiary/aromatic N) is 2. The molecule has 0 aliphatic rings. The van der Waals surface area contributed by atoms with Crippen molar-refractivity contribution < 1.29 is 4.39 Å². The zero-order chi connectivity index (χ0) is 13.1. The molecule has 18 heavy (non-hydrogen) atoms. The summed E-state index contributed by atoms with van der Waals surface area (Å²) >= 11 is 11.8. The van der Waals surface area contributed by atoms with E-state index in [1.165, 1.54) is 0 Å². The molecule has 1 aromatic carbocycles. The lowest BCUT2D eigenvalue weighted by atomic mass is 10.3. The van der Waals surface area contributed by atoms with Crippen LogP contribution in [0, 0.1) is 17.1 Å². The summed E-state index contributed by atoms with van der Waals surface area (Å²) in [6.45, 7) is 0. The molecule has 2 aromatic rings. The minimum atomic E-state index is -0.519. The Labute approximate surface area is 113 Å². The van der Waals surface area contributed by atoms with Crippen LogP contribution in [-0.2, 0) is 0 Å². The predicted molar refractivity (Wildman–Crippen MR) is 68.7 cm³/mol. The zero-order valence-electron chi connectivity index (χ0n) is 8.92. The summed E-state index contributed by atoms with van der Waals surface area (Å²) in [6, 6.07) is 9.08. The van der Waals surface area contributed by atoms with Crippen molar-refractivity contribution in [2.45, 2.75) is 0 Å². The molecule has 0 spiro atoms. The third-order valence-electron chi connectivity index (χ3n) is 2.12. The lowest BCUT2D eigenvalue weighted by Crippen LogP contribution is -1.97. The number of hydrogen-bond acceptors (Lipinski definition) is 3. The fourth-order valence-corrected chi connectivity index (χ4v) is 1.91. The molecule has 0 radical (unpaired) electrons. The second-order valence-electron chi connectivity index (χ2n) is 3.39. The van der Waals surface area contributed by atoms with Gasteiger partial charge < -0.3 is 5.32 Å². The highest BCUT2D eigenvalue weighted by atomic mass is 35.5. The maximum absolute atomic E-state index is 13.0. The normalized spacial score (nSPS) is 9.89. The van der Waals surface area contributed by atoms with E-state index in [4.69, 9.17) is 28.5 Å². The van der Waals surface area contributed by atoms with Gasteiger partial charge in [0, 0.05) is 0 Å². The number of rotatable bonds is 2. The fourth-order valence-electron chi connectivity index (χ4n) is 1.36. The molecule has 0 saturated carbocycles. The zero-order valence-corrected chi connectivity index (χ0v) is 10.4. The van der Waals surface area contributed by atoms with E-state index in [1.54, 1.807) is 18.2 Å². The van der Waals surface area contributed by atoms with Gasteiger partial charge in [0.25, 0.3) is 0 Å². The summed E-state index contributed by atoms with van der Waals surface area (Å²) in [7, 11) is 0. The number of anilines is 2. The van der Waals surface area contributed by atoms with Crippen LogP contribution in [0.3, 0.4) is 0 Å². The second-order valence-corrected chi connectivity index (χ2v) is 4.20. The van der Waals surface area contributed by atoms with Crippen LogP contribution < -0.4 is 5.32 Å². The molecule has 0 bridgehead atoms. The number of aromatic nitrogens is 1. The van der Waals surface area contributed by atoms with Crippen LogP contribution in [0.15, 0.2) is 30.3 Å². The Morgan fingerprint density at radius 2 is 1.89 bits per heavy atom. The molecule has 0 saturated heterocycles. The Bertz CT molecular complexity index is 614. The Morgan fingerprint density at radius 1 is 1.22 bits per heavy atom. The second kappa shape index (κ2) is 5.21. The molecule has 0 atom stereocenters. The number of nitrogens with one attached hydrogen (secondary N) is 1. The first kappa shape index (κ1) is 12.6. The molecule has 1 N–H and O–H groups in total. The van der Waals surface area contributed by atoms with Crippen LogP contribution in [0.5, 0.6) is 0 Å². The number of hydrogen-bond donors (Lipinski definition) is 1. The van der Waals surface area contributed by atoms with E-state index in [2.05, 4.69) is 10.3 Å². The third kappa shape index (κ3) is 2.70. The molecule has 3 nitrogen and oxygen atoms in total. The van der Waals surface area contributed by atoms with E-state index < -0.39 is 5.82 Å². The molecule has 0 amide bonds. The summed E-state index contributed by atoms with van der Waals surface area (Å²) in [5.41, 5.74) is 0.608. The minimum Gasteiger partial charge on any atom is -0.338 e. The molecule has 1 aromatic heterocycles. The van der Waals surface area contributed by atoms with Gasteiger partial charge in [-0.1, -0.05) is 29.3 Å². The summed E-state index contributed by atoms with van der Waals surface area (Å²) < 4.78 is 13.0. The van der Waals surface area contributed by atoms with E-state index in [1.807, 2.05) is 6.07 Å². The van der Waals surface area contributed by atoms with E-state index >= 15 is 0 Å². The van der Waals surface area contributed by atoms with E-state index in [9.17, 15) is 4.39 Å². The van der Waals surface area contributed by atoms with Crippen LogP contribution >= 0.6 is 23.2 Å². The van der Waals surface area contributed by atoms with Crippen molar-refractivity contribution in [3.63, 3.8) is 0 Å². The Kier molecular flexibility index (Phi) is 3.66. The first-order chi connectivity index (χ1) is 8.60. The molecule has 0 unspecified atom stereocenters.